The number of nitrogens with two attached hydrogens (primary N) is 1. The summed E-state index contributed by atoms with van der Waals surface area (Å²) in [5, 5.41) is 0. The first-order valence-electron chi connectivity index (χ1n) is 5.58. The predicted molar refractivity (Wildman–Crippen MR) is 78.3 cm³/mol. The molecule has 5 nitrogen and oxygen atoms in total. The highest BCUT2D eigenvalue weighted by atomic mass is 35.5. The highest BCUT2D eigenvalue weighted by molar-refractivity contribution is 7.89. The lowest BCUT2D eigenvalue weighted by molar-refractivity contribution is 0.318. The number of sulfonamides is 1. The fourth-order valence-corrected chi connectivity index (χ4v) is 2.16. The summed E-state index contributed by atoms with van der Waals surface area (Å²) in [7, 11) is -0.556. The van der Waals surface area contributed by atoms with Gasteiger partial charge in [0.15, 0.2) is 0 Å². The van der Waals surface area contributed by atoms with Crippen LogP contribution in [0.5, 0.6) is 5.75 Å². The standard InChI is InChI=1S/C12H17FN2O3S.ClH/c1-15(2)19(16,17)12-5-3-11(4-6-12)18-9-10(13)7-8-14;/h3-7H,8-9,14H2,1-2H3;1H/b10-7+;. The lowest BCUT2D eigenvalue weighted by atomic mass is 10.3. The Bertz CT molecular complexity index is 544. The molecular formula is C12H18ClFN2O3S. The summed E-state index contributed by atoms with van der Waals surface area (Å²) in [6.45, 7) is -0.119. The molecule has 0 fully saturated rings. The van der Waals surface area contributed by atoms with E-state index in [1.807, 2.05) is 0 Å². The molecule has 0 spiro atoms. The van der Waals surface area contributed by atoms with Crippen molar-refractivity contribution in [3.63, 3.8) is 0 Å². The molecule has 0 aliphatic rings. The zero-order chi connectivity index (χ0) is 14.5. The molecule has 0 saturated carbocycles. The number of rotatable bonds is 6. The van der Waals surface area contributed by atoms with Gasteiger partial charge in [-0.25, -0.2) is 17.1 Å². The minimum absolute atomic E-state index is 0. The number of nitrogens with zero attached hydrogens (tertiary/aromatic N) is 1. The molecule has 0 radical (unpaired) electrons. The molecule has 114 valence electrons. The van der Waals surface area contributed by atoms with E-state index in [9.17, 15) is 12.8 Å². The number of hydrogen-bond acceptors (Lipinski definition) is 4. The van der Waals surface area contributed by atoms with Crippen molar-refractivity contribution < 1.29 is 17.5 Å². The van der Waals surface area contributed by atoms with Crippen LogP contribution in [0.25, 0.3) is 0 Å². The first kappa shape index (κ1) is 18.9. The number of hydrogen-bond donors (Lipinski definition) is 1. The molecule has 0 atom stereocenters. The van der Waals surface area contributed by atoms with Crippen molar-refractivity contribution in [1.82, 2.24) is 4.31 Å². The average molecular weight is 325 g/mol. The van der Waals surface area contributed by atoms with Crippen molar-refractivity contribution >= 4 is 22.4 Å². The normalized spacial score (nSPS) is 12.2. The lowest BCUT2D eigenvalue weighted by Crippen LogP contribution is -2.22. The maximum Gasteiger partial charge on any atom is 0.242 e. The third-order valence-corrected chi connectivity index (χ3v) is 4.15. The Morgan fingerprint density at radius 1 is 1.35 bits per heavy atom. The third kappa shape index (κ3) is 5.09. The van der Waals surface area contributed by atoms with Crippen LogP contribution < -0.4 is 10.5 Å². The van der Waals surface area contributed by atoms with Crippen LogP contribution in [0.3, 0.4) is 0 Å². The second-order valence-corrected chi connectivity index (χ2v) is 6.09. The van der Waals surface area contributed by atoms with Crippen LogP contribution in [0.4, 0.5) is 4.39 Å². The van der Waals surface area contributed by atoms with Crippen molar-refractivity contribution in [2.75, 3.05) is 27.2 Å². The molecule has 8 heteroatoms. The van der Waals surface area contributed by atoms with Gasteiger partial charge in [-0.05, 0) is 30.3 Å². The molecule has 1 aromatic carbocycles. The average Bonchev–Trinajstić information content (AvgIpc) is 2.37. The Morgan fingerprint density at radius 3 is 2.35 bits per heavy atom. The first-order valence-corrected chi connectivity index (χ1v) is 7.02. The summed E-state index contributed by atoms with van der Waals surface area (Å²) in [5.74, 6) is -0.0780. The molecule has 0 aliphatic carbocycles. The van der Waals surface area contributed by atoms with Crippen LogP contribution in [-0.4, -0.2) is 40.0 Å². The molecule has 0 bridgehead atoms. The molecule has 0 aromatic heterocycles. The monoisotopic (exact) mass is 324 g/mol. The molecular weight excluding hydrogens is 307 g/mol. The SMILES string of the molecule is CN(C)S(=O)(=O)c1ccc(OC/C(F)=C\CN)cc1.Cl. The van der Waals surface area contributed by atoms with E-state index in [4.69, 9.17) is 10.5 Å². The Hall–Kier alpha value is -1.15. The maximum absolute atomic E-state index is 13.0. The molecule has 0 amide bonds. The van der Waals surface area contributed by atoms with Gasteiger partial charge < -0.3 is 10.5 Å². The van der Waals surface area contributed by atoms with Crippen LogP contribution >= 0.6 is 12.4 Å². The molecule has 0 saturated heterocycles. The van der Waals surface area contributed by atoms with Crippen LogP contribution in [0.2, 0.25) is 0 Å². The van der Waals surface area contributed by atoms with Crippen molar-refractivity contribution in [2.45, 2.75) is 4.90 Å². The summed E-state index contributed by atoms with van der Waals surface area (Å²) in [6.07, 6.45) is 1.21. The summed E-state index contributed by atoms with van der Waals surface area (Å²) in [4.78, 5) is 0.155. The third-order valence-electron chi connectivity index (χ3n) is 2.32. The first-order chi connectivity index (χ1) is 8.87. The lowest BCUT2D eigenvalue weighted by Gasteiger charge is -2.11. The van der Waals surface area contributed by atoms with Crippen molar-refractivity contribution in [3.05, 3.63) is 36.2 Å². The van der Waals surface area contributed by atoms with Crippen molar-refractivity contribution in [2.24, 2.45) is 5.73 Å². The zero-order valence-electron chi connectivity index (χ0n) is 11.2. The Labute approximate surface area is 124 Å². The Balaban J connectivity index is 0.00000361. The molecule has 2 N–H and O–H groups in total. The molecule has 20 heavy (non-hydrogen) atoms. The number of ether oxygens (including phenoxy) is 1. The largest absolute Gasteiger partial charge is 0.487 e. The van der Waals surface area contributed by atoms with Gasteiger partial charge in [-0.15, -0.1) is 12.4 Å². The van der Waals surface area contributed by atoms with E-state index in [-0.39, 0.29) is 30.5 Å². The zero-order valence-corrected chi connectivity index (χ0v) is 12.9. The maximum atomic E-state index is 13.0. The Kier molecular flexibility index (Phi) is 7.74. The van der Waals surface area contributed by atoms with Gasteiger partial charge in [-0.2, -0.15) is 0 Å². The summed E-state index contributed by atoms with van der Waals surface area (Å²) < 4.78 is 42.9. The summed E-state index contributed by atoms with van der Waals surface area (Å²) in [5.41, 5.74) is 5.15. The molecule has 1 rings (SSSR count). The van der Waals surface area contributed by atoms with E-state index in [1.165, 1.54) is 44.4 Å². The second kappa shape index (κ2) is 8.21. The van der Waals surface area contributed by atoms with Gasteiger partial charge in [-0.3, -0.25) is 0 Å². The molecule has 0 unspecified atom stereocenters. The summed E-state index contributed by atoms with van der Waals surface area (Å²) >= 11 is 0. The van der Waals surface area contributed by atoms with Gasteiger partial charge in [0.1, 0.15) is 18.2 Å². The molecule has 0 aliphatic heterocycles. The fraction of sp³-hybridized carbons (Fsp3) is 0.333. The van der Waals surface area contributed by atoms with E-state index in [1.54, 1.807) is 0 Å². The topological polar surface area (TPSA) is 72.6 Å². The van der Waals surface area contributed by atoms with Crippen LogP contribution in [0, 0.1) is 0 Å². The minimum atomic E-state index is -3.46. The summed E-state index contributed by atoms with van der Waals surface area (Å²) in [6, 6.07) is 5.78. The van der Waals surface area contributed by atoms with E-state index < -0.39 is 15.9 Å². The Morgan fingerprint density at radius 2 is 1.90 bits per heavy atom. The molecule has 1 aromatic rings. The van der Waals surface area contributed by atoms with Gasteiger partial charge in [0, 0.05) is 20.6 Å². The van der Waals surface area contributed by atoms with Gasteiger partial charge in [0.25, 0.3) is 0 Å². The smallest absolute Gasteiger partial charge is 0.242 e. The van der Waals surface area contributed by atoms with Gasteiger partial charge in [0.2, 0.25) is 10.0 Å². The van der Waals surface area contributed by atoms with Crippen LogP contribution in [0.15, 0.2) is 41.1 Å². The van der Waals surface area contributed by atoms with Gasteiger partial charge in [0.05, 0.1) is 4.90 Å². The van der Waals surface area contributed by atoms with E-state index in [2.05, 4.69) is 0 Å². The van der Waals surface area contributed by atoms with E-state index in [0.717, 1.165) is 4.31 Å². The van der Waals surface area contributed by atoms with Crippen molar-refractivity contribution in [3.8, 4) is 5.75 Å². The second-order valence-electron chi connectivity index (χ2n) is 3.93. The van der Waals surface area contributed by atoms with Crippen LogP contribution in [0.1, 0.15) is 0 Å². The van der Waals surface area contributed by atoms with Crippen molar-refractivity contribution in [1.29, 1.82) is 0 Å². The predicted octanol–water partition coefficient (Wildman–Crippen LogP) is 1.55. The van der Waals surface area contributed by atoms with E-state index >= 15 is 0 Å². The molecule has 0 heterocycles. The fourth-order valence-electron chi connectivity index (χ4n) is 1.26. The minimum Gasteiger partial charge on any atom is -0.487 e. The van der Waals surface area contributed by atoms with Gasteiger partial charge in [-0.1, -0.05) is 0 Å². The quantitative estimate of drug-likeness (QED) is 0.861. The van der Waals surface area contributed by atoms with Crippen LogP contribution in [-0.2, 0) is 10.0 Å². The van der Waals surface area contributed by atoms with E-state index in [0.29, 0.717) is 5.75 Å². The number of halogens is 2. The highest BCUT2D eigenvalue weighted by Gasteiger charge is 2.16. The van der Waals surface area contributed by atoms with Gasteiger partial charge >= 0.3 is 0 Å². The highest BCUT2D eigenvalue weighted by Crippen LogP contribution is 2.18. The number of benzene rings is 1.